The van der Waals surface area contributed by atoms with Crippen LogP contribution in [-0.2, 0) is 11.2 Å². The Bertz CT molecular complexity index is 417. The van der Waals surface area contributed by atoms with E-state index in [1.165, 1.54) is 18.4 Å². The Morgan fingerprint density at radius 3 is 2.35 bits per heavy atom. The molecule has 1 aromatic rings. The lowest BCUT2D eigenvalue weighted by molar-refractivity contribution is -0.0528. The van der Waals surface area contributed by atoms with E-state index in [1.54, 1.807) is 7.11 Å². The maximum absolute atomic E-state index is 5.95. The van der Waals surface area contributed by atoms with Crippen molar-refractivity contribution in [3.8, 4) is 5.75 Å². The van der Waals surface area contributed by atoms with Crippen molar-refractivity contribution >= 4 is 0 Å². The van der Waals surface area contributed by atoms with Crippen molar-refractivity contribution in [1.82, 2.24) is 0 Å². The zero-order valence-electron chi connectivity index (χ0n) is 13.3. The van der Waals surface area contributed by atoms with Crippen molar-refractivity contribution in [1.29, 1.82) is 0 Å². The maximum Gasteiger partial charge on any atom is 0.122 e. The van der Waals surface area contributed by atoms with Crippen LogP contribution in [0, 0.1) is 11.8 Å². The molecule has 0 saturated heterocycles. The summed E-state index contributed by atoms with van der Waals surface area (Å²) in [5, 5.41) is 0. The molecule has 0 atom stereocenters. The second-order valence-electron chi connectivity index (χ2n) is 6.46. The zero-order chi connectivity index (χ0) is 14.6. The average Bonchev–Trinajstić information content (AvgIpc) is 2.48. The third-order valence-electron chi connectivity index (χ3n) is 5.02. The van der Waals surface area contributed by atoms with Gasteiger partial charge in [0.1, 0.15) is 5.75 Å². The first-order chi connectivity index (χ1) is 9.60. The lowest BCUT2D eigenvalue weighted by Crippen LogP contribution is -2.39. The number of benzene rings is 1. The molecule has 2 nitrogen and oxygen atoms in total. The molecule has 112 valence electrons. The van der Waals surface area contributed by atoms with E-state index in [4.69, 9.17) is 9.47 Å². The molecule has 1 aliphatic carbocycles. The van der Waals surface area contributed by atoms with Crippen molar-refractivity contribution in [3.05, 3.63) is 29.8 Å². The molecule has 0 aromatic heterocycles. The normalized spacial score (nSPS) is 26.8. The summed E-state index contributed by atoms with van der Waals surface area (Å²) in [6.45, 7) is 4.68. The van der Waals surface area contributed by atoms with Crippen LogP contribution in [0.2, 0.25) is 0 Å². The van der Waals surface area contributed by atoms with Gasteiger partial charge in [0.2, 0.25) is 0 Å². The number of methoxy groups -OCH3 is 2. The molecule has 0 amide bonds. The molecule has 0 bridgehead atoms. The molecule has 0 radical (unpaired) electrons. The standard InChI is InChI=1S/C18H28O2/c1-14(2)15-9-11-18(20-4,12-10-15)13-16-7-5-6-8-17(16)19-3/h5-8,14-15H,9-13H2,1-4H3. The van der Waals surface area contributed by atoms with Crippen LogP contribution >= 0.6 is 0 Å². The summed E-state index contributed by atoms with van der Waals surface area (Å²) >= 11 is 0. The van der Waals surface area contributed by atoms with E-state index in [9.17, 15) is 0 Å². The predicted octanol–water partition coefficient (Wildman–Crippen LogP) is 4.47. The van der Waals surface area contributed by atoms with Crippen LogP contribution in [0.15, 0.2) is 24.3 Å². The van der Waals surface area contributed by atoms with Crippen LogP contribution in [0.25, 0.3) is 0 Å². The van der Waals surface area contributed by atoms with E-state index in [0.717, 1.165) is 36.8 Å². The lowest BCUT2D eigenvalue weighted by Gasteiger charge is -2.40. The number of ether oxygens (including phenoxy) is 2. The first-order valence-electron chi connectivity index (χ1n) is 7.77. The number of rotatable bonds is 5. The molecule has 1 aliphatic rings. The third-order valence-corrected chi connectivity index (χ3v) is 5.02. The summed E-state index contributed by atoms with van der Waals surface area (Å²) in [4.78, 5) is 0. The Hall–Kier alpha value is -1.02. The van der Waals surface area contributed by atoms with Crippen molar-refractivity contribution in [2.45, 2.75) is 51.6 Å². The van der Waals surface area contributed by atoms with Crippen LogP contribution in [0.4, 0.5) is 0 Å². The average molecular weight is 276 g/mol. The molecule has 0 N–H and O–H groups in total. The molecule has 20 heavy (non-hydrogen) atoms. The molecule has 1 saturated carbocycles. The second-order valence-corrected chi connectivity index (χ2v) is 6.46. The first-order valence-corrected chi connectivity index (χ1v) is 7.77. The monoisotopic (exact) mass is 276 g/mol. The molecular weight excluding hydrogens is 248 g/mol. The van der Waals surface area contributed by atoms with Crippen molar-refractivity contribution in [2.24, 2.45) is 11.8 Å². The van der Waals surface area contributed by atoms with Gasteiger partial charge in [-0.3, -0.25) is 0 Å². The van der Waals surface area contributed by atoms with Gasteiger partial charge in [-0.25, -0.2) is 0 Å². The van der Waals surface area contributed by atoms with Crippen LogP contribution in [0.5, 0.6) is 5.75 Å². The van der Waals surface area contributed by atoms with Gasteiger partial charge >= 0.3 is 0 Å². The lowest BCUT2D eigenvalue weighted by atomic mass is 9.72. The van der Waals surface area contributed by atoms with E-state index >= 15 is 0 Å². The Kier molecular flexibility index (Phi) is 5.09. The fraction of sp³-hybridized carbons (Fsp3) is 0.667. The van der Waals surface area contributed by atoms with Crippen LogP contribution in [-0.4, -0.2) is 19.8 Å². The Balaban J connectivity index is 2.09. The SMILES string of the molecule is COc1ccccc1CC1(OC)CCC(C(C)C)CC1. The van der Waals surface area contributed by atoms with E-state index in [-0.39, 0.29) is 5.60 Å². The molecule has 0 spiro atoms. The summed E-state index contributed by atoms with van der Waals surface area (Å²) in [5.41, 5.74) is 1.26. The van der Waals surface area contributed by atoms with Gasteiger partial charge in [-0.05, 0) is 49.1 Å². The topological polar surface area (TPSA) is 18.5 Å². The predicted molar refractivity (Wildman–Crippen MR) is 83.2 cm³/mol. The minimum atomic E-state index is 0.0000231. The van der Waals surface area contributed by atoms with Crippen molar-refractivity contribution < 1.29 is 9.47 Å². The summed E-state index contributed by atoms with van der Waals surface area (Å²) in [7, 11) is 3.61. The van der Waals surface area contributed by atoms with Gasteiger partial charge in [0.15, 0.2) is 0 Å². The minimum absolute atomic E-state index is 0.0000231. The van der Waals surface area contributed by atoms with Gasteiger partial charge in [0.25, 0.3) is 0 Å². The second kappa shape index (κ2) is 6.62. The molecule has 0 unspecified atom stereocenters. The highest BCUT2D eigenvalue weighted by molar-refractivity contribution is 5.34. The zero-order valence-corrected chi connectivity index (χ0v) is 13.3. The molecule has 0 heterocycles. The molecule has 0 aliphatic heterocycles. The van der Waals surface area contributed by atoms with E-state index in [1.807, 2.05) is 19.2 Å². The van der Waals surface area contributed by atoms with Crippen molar-refractivity contribution in [2.75, 3.05) is 14.2 Å². The largest absolute Gasteiger partial charge is 0.496 e. The van der Waals surface area contributed by atoms with Crippen LogP contribution in [0.3, 0.4) is 0 Å². The van der Waals surface area contributed by atoms with Gasteiger partial charge in [-0.15, -0.1) is 0 Å². The highest BCUT2D eigenvalue weighted by Crippen LogP contribution is 2.40. The minimum Gasteiger partial charge on any atom is -0.496 e. The molecule has 1 aromatic carbocycles. The number of hydrogen-bond donors (Lipinski definition) is 0. The van der Waals surface area contributed by atoms with Crippen molar-refractivity contribution in [3.63, 3.8) is 0 Å². The van der Waals surface area contributed by atoms with E-state index in [0.29, 0.717) is 0 Å². The molecule has 2 heteroatoms. The molecule has 1 fully saturated rings. The summed E-state index contributed by atoms with van der Waals surface area (Å²) in [6.07, 6.45) is 5.83. The first kappa shape index (κ1) is 15.4. The summed E-state index contributed by atoms with van der Waals surface area (Å²) in [6, 6.07) is 8.31. The maximum atomic E-state index is 5.95. The summed E-state index contributed by atoms with van der Waals surface area (Å²) in [5.74, 6) is 2.63. The van der Waals surface area contributed by atoms with Gasteiger partial charge in [0, 0.05) is 13.5 Å². The molecule has 2 rings (SSSR count). The number of para-hydroxylation sites is 1. The smallest absolute Gasteiger partial charge is 0.122 e. The van der Waals surface area contributed by atoms with E-state index in [2.05, 4.69) is 26.0 Å². The fourth-order valence-electron chi connectivity index (χ4n) is 3.48. The van der Waals surface area contributed by atoms with E-state index < -0.39 is 0 Å². The van der Waals surface area contributed by atoms with Crippen LogP contribution in [0.1, 0.15) is 45.1 Å². The summed E-state index contributed by atoms with van der Waals surface area (Å²) < 4.78 is 11.4. The fourth-order valence-corrected chi connectivity index (χ4v) is 3.48. The van der Waals surface area contributed by atoms with Gasteiger partial charge in [-0.2, -0.15) is 0 Å². The Morgan fingerprint density at radius 2 is 1.80 bits per heavy atom. The van der Waals surface area contributed by atoms with Gasteiger partial charge < -0.3 is 9.47 Å². The van der Waals surface area contributed by atoms with Crippen LogP contribution < -0.4 is 4.74 Å². The van der Waals surface area contributed by atoms with Gasteiger partial charge in [0.05, 0.1) is 12.7 Å². The van der Waals surface area contributed by atoms with Gasteiger partial charge in [-0.1, -0.05) is 32.0 Å². The Morgan fingerprint density at radius 1 is 1.15 bits per heavy atom. The Labute approximate surface area is 123 Å². The number of hydrogen-bond acceptors (Lipinski definition) is 2. The third kappa shape index (κ3) is 3.35. The highest BCUT2D eigenvalue weighted by atomic mass is 16.5. The molecular formula is C18H28O2. The highest BCUT2D eigenvalue weighted by Gasteiger charge is 2.36. The quantitative estimate of drug-likeness (QED) is 0.790.